The van der Waals surface area contributed by atoms with Crippen LogP contribution in [0.15, 0.2) is 61.2 Å². The fraction of sp³-hybridized carbons (Fsp3) is 0.0588. The molecular formula is C17H15FN2O3. The van der Waals surface area contributed by atoms with Crippen LogP contribution in [0.5, 0.6) is 0 Å². The minimum Gasteiger partial charge on any atom is -0.378 e. The van der Waals surface area contributed by atoms with E-state index in [1.54, 1.807) is 30.3 Å². The third-order valence-corrected chi connectivity index (χ3v) is 3.04. The fourth-order valence-electron chi connectivity index (χ4n) is 1.88. The van der Waals surface area contributed by atoms with Crippen molar-refractivity contribution in [1.29, 1.82) is 0 Å². The summed E-state index contributed by atoms with van der Waals surface area (Å²) in [5, 5.41) is 14.7. The summed E-state index contributed by atoms with van der Waals surface area (Å²) in [6, 6.07) is 12.1. The van der Waals surface area contributed by atoms with E-state index in [1.165, 1.54) is 12.1 Å². The van der Waals surface area contributed by atoms with Crippen molar-refractivity contribution < 1.29 is 19.1 Å². The number of rotatable bonds is 5. The third kappa shape index (κ3) is 4.24. The summed E-state index contributed by atoms with van der Waals surface area (Å²) in [6.45, 7) is 3.28. The summed E-state index contributed by atoms with van der Waals surface area (Å²) >= 11 is 0. The van der Waals surface area contributed by atoms with Crippen LogP contribution in [0.25, 0.3) is 0 Å². The Morgan fingerprint density at radius 1 is 1.13 bits per heavy atom. The normalized spacial score (nSPS) is 11.4. The maximum Gasteiger partial charge on any atom is 0.257 e. The number of halogens is 1. The van der Waals surface area contributed by atoms with Gasteiger partial charge in [0.25, 0.3) is 5.91 Å². The van der Waals surface area contributed by atoms with Gasteiger partial charge in [-0.1, -0.05) is 36.9 Å². The molecule has 2 aromatic rings. The van der Waals surface area contributed by atoms with Gasteiger partial charge in [0.05, 0.1) is 5.69 Å². The Balaban J connectivity index is 2.13. The molecule has 5 nitrogen and oxygen atoms in total. The molecule has 0 saturated heterocycles. The first-order valence-corrected chi connectivity index (χ1v) is 6.78. The van der Waals surface area contributed by atoms with Crippen molar-refractivity contribution in [3.8, 4) is 0 Å². The predicted molar refractivity (Wildman–Crippen MR) is 85.3 cm³/mol. The Labute approximate surface area is 132 Å². The van der Waals surface area contributed by atoms with Crippen LogP contribution in [-0.2, 0) is 9.59 Å². The molecule has 0 aliphatic heterocycles. The topological polar surface area (TPSA) is 78.4 Å². The molecule has 0 aliphatic rings. The molecule has 0 radical (unpaired) electrons. The van der Waals surface area contributed by atoms with Gasteiger partial charge in [0, 0.05) is 5.69 Å². The highest BCUT2D eigenvalue weighted by Gasteiger charge is 2.17. The standard InChI is InChI=1S/C17H15FN2O3/c1-2-15(21)20-14-10-12(8-9-13(14)18)19-17(23)16(22)11-6-4-3-5-7-11/h2-10,16,22H,1H2,(H,19,23)(H,20,21). The van der Waals surface area contributed by atoms with Crippen molar-refractivity contribution in [3.05, 3.63) is 72.6 Å². The molecule has 2 rings (SSSR count). The van der Waals surface area contributed by atoms with E-state index in [2.05, 4.69) is 17.2 Å². The first-order valence-electron chi connectivity index (χ1n) is 6.78. The van der Waals surface area contributed by atoms with Gasteiger partial charge in [0.2, 0.25) is 5.91 Å². The number of hydrogen-bond acceptors (Lipinski definition) is 3. The Morgan fingerprint density at radius 2 is 1.83 bits per heavy atom. The minimum absolute atomic E-state index is 0.0955. The van der Waals surface area contributed by atoms with Crippen molar-refractivity contribution in [2.45, 2.75) is 6.10 Å². The summed E-state index contributed by atoms with van der Waals surface area (Å²) in [5.74, 6) is -1.89. The van der Waals surface area contributed by atoms with Crippen LogP contribution < -0.4 is 10.6 Å². The molecule has 0 fully saturated rings. The number of amides is 2. The van der Waals surface area contributed by atoms with Gasteiger partial charge >= 0.3 is 0 Å². The molecule has 1 unspecified atom stereocenters. The van der Waals surface area contributed by atoms with E-state index in [1.807, 2.05) is 0 Å². The summed E-state index contributed by atoms with van der Waals surface area (Å²) in [6.07, 6.45) is -0.350. The van der Waals surface area contributed by atoms with Crippen molar-refractivity contribution in [2.24, 2.45) is 0 Å². The smallest absolute Gasteiger partial charge is 0.257 e. The number of nitrogens with one attached hydrogen (secondary N) is 2. The number of carbonyl (C=O) groups excluding carboxylic acids is 2. The molecule has 0 heterocycles. The van der Waals surface area contributed by atoms with Crippen LogP contribution in [0, 0.1) is 5.82 Å². The largest absolute Gasteiger partial charge is 0.378 e. The molecule has 0 saturated carbocycles. The Kier molecular flexibility index (Phi) is 5.22. The summed E-state index contributed by atoms with van der Waals surface area (Å²) in [4.78, 5) is 23.3. The summed E-state index contributed by atoms with van der Waals surface area (Å²) in [7, 11) is 0. The molecule has 0 bridgehead atoms. The van der Waals surface area contributed by atoms with Crippen LogP contribution in [0.4, 0.5) is 15.8 Å². The van der Waals surface area contributed by atoms with E-state index in [0.29, 0.717) is 5.56 Å². The number of hydrogen-bond donors (Lipinski definition) is 3. The maximum absolute atomic E-state index is 13.6. The third-order valence-electron chi connectivity index (χ3n) is 3.04. The molecule has 0 aliphatic carbocycles. The van der Waals surface area contributed by atoms with E-state index >= 15 is 0 Å². The molecule has 23 heavy (non-hydrogen) atoms. The first-order chi connectivity index (χ1) is 11.0. The van der Waals surface area contributed by atoms with Gasteiger partial charge in [-0.25, -0.2) is 4.39 Å². The molecule has 0 aromatic heterocycles. The van der Waals surface area contributed by atoms with Gasteiger partial charge in [-0.05, 0) is 29.8 Å². The van der Waals surface area contributed by atoms with Gasteiger partial charge in [0.15, 0.2) is 6.10 Å². The van der Waals surface area contributed by atoms with E-state index in [0.717, 1.165) is 12.1 Å². The average molecular weight is 314 g/mol. The molecule has 0 spiro atoms. The summed E-state index contributed by atoms with van der Waals surface area (Å²) < 4.78 is 13.6. The van der Waals surface area contributed by atoms with Crippen molar-refractivity contribution >= 4 is 23.2 Å². The minimum atomic E-state index is -1.35. The quantitative estimate of drug-likeness (QED) is 0.742. The summed E-state index contributed by atoms with van der Waals surface area (Å²) in [5.41, 5.74) is 0.583. The van der Waals surface area contributed by atoms with Gasteiger partial charge in [-0.2, -0.15) is 0 Å². The second-order valence-corrected chi connectivity index (χ2v) is 4.69. The second-order valence-electron chi connectivity index (χ2n) is 4.69. The van der Waals surface area contributed by atoms with Crippen LogP contribution >= 0.6 is 0 Å². The number of aliphatic hydroxyl groups excluding tert-OH is 1. The highest BCUT2D eigenvalue weighted by atomic mass is 19.1. The zero-order valence-electron chi connectivity index (χ0n) is 12.1. The lowest BCUT2D eigenvalue weighted by atomic mass is 10.1. The van der Waals surface area contributed by atoms with Crippen molar-refractivity contribution in [2.75, 3.05) is 10.6 Å². The Hall–Kier alpha value is -2.99. The number of aliphatic hydroxyl groups is 1. The lowest BCUT2D eigenvalue weighted by Gasteiger charge is -2.13. The number of anilines is 2. The molecule has 1 atom stereocenters. The lowest BCUT2D eigenvalue weighted by molar-refractivity contribution is -0.124. The van der Waals surface area contributed by atoms with E-state index < -0.39 is 23.7 Å². The van der Waals surface area contributed by atoms with Crippen LogP contribution in [0.2, 0.25) is 0 Å². The monoisotopic (exact) mass is 314 g/mol. The average Bonchev–Trinajstić information content (AvgIpc) is 2.57. The van der Waals surface area contributed by atoms with E-state index in [9.17, 15) is 19.1 Å². The fourth-order valence-corrected chi connectivity index (χ4v) is 1.88. The Morgan fingerprint density at radius 3 is 2.48 bits per heavy atom. The van der Waals surface area contributed by atoms with Gasteiger partial charge in [-0.3, -0.25) is 9.59 Å². The van der Waals surface area contributed by atoms with Crippen LogP contribution in [-0.4, -0.2) is 16.9 Å². The lowest BCUT2D eigenvalue weighted by Crippen LogP contribution is -2.21. The maximum atomic E-state index is 13.6. The number of carbonyl (C=O) groups is 2. The van der Waals surface area contributed by atoms with Gasteiger partial charge in [-0.15, -0.1) is 0 Å². The van der Waals surface area contributed by atoms with E-state index in [-0.39, 0.29) is 11.4 Å². The molecule has 6 heteroatoms. The van der Waals surface area contributed by atoms with E-state index in [4.69, 9.17) is 0 Å². The van der Waals surface area contributed by atoms with Gasteiger partial charge < -0.3 is 15.7 Å². The van der Waals surface area contributed by atoms with Crippen molar-refractivity contribution in [1.82, 2.24) is 0 Å². The molecule has 2 aromatic carbocycles. The molecule has 3 N–H and O–H groups in total. The predicted octanol–water partition coefficient (Wildman–Crippen LogP) is 2.62. The molecule has 2 amide bonds. The number of benzene rings is 2. The second kappa shape index (κ2) is 7.33. The highest BCUT2D eigenvalue weighted by molar-refractivity contribution is 6.00. The van der Waals surface area contributed by atoms with Gasteiger partial charge in [0.1, 0.15) is 5.82 Å². The van der Waals surface area contributed by atoms with Crippen LogP contribution in [0.1, 0.15) is 11.7 Å². The van der Waals surface area contributed by atoms with Crippen molar-refractivity contribution in [3.63, 3.8) is 0 Å². The zero-order valence-corrected chi connectivity index (χ0v) is 12.1. The Bertz CT molecular complexity index is 732. The first kappa shape index (κ1) is 16.4. The zero-order chi connectivity index (χ0) is 16.8. The SMILES string of the molecule is C=CC(=O)Nc1cc(NC(=O)C(O)c2ccccc2)ccc1F. The van der Waals surface area contributed by atoms with Crippen LogP contribution in [0.3, 0.4) is 0 Å². The highest BCUT2D eigenvalue weighted by Crippen LogP contribution is 2.21. The molecule has 118 valence electrons. The molecular weight excluding hydrogens is 299 g/mol.